The van der Waals surface area contributed by atoms with Gasteiger partial charge < -0.3 is 18.4 Å². The topological polar surface area (TPSA) is 66.8 Å². The van der Waals surface area contributed by atoms with Crippen molar-refractivity contribution in [1.29, 1.82) is 0 Å². The first-order valence-corrected chi connectivity index (χ1v) is 11.0. The van der Waals surface area contributed by atoms with Crippen molar-refractivity contribution in [2.45, 2.75) is 33.4 Å². The average molecular weight is 435 g/mol. The van der Waals surface area contributed by atoms with E-state index in [4.69, 9.17) is 13.8 Å². The van der Waals surface area contributed by atoms with Gasteiger partial charge in [0.25, 0.3) is 0 Å². The van der Waals surface area contributed by atoms with E-state index in [0.717, 1.165) is 6.07 Å². The molecule has 0 saturated carbocycles. The van der Waals surface area contributed by atoms with Gasteiger partial charge >= 0.3 is 19.7 Å². The molecule has 0 aliphatic rings. The van der Waals surface area contributed by atoms with Crippen molar-refractivity contribution >= 4 is 24.5 Å². The summed E-state index contributed by atoms with van der Waals surface area (Å²) in [5, 5.41) is -0.0930. The Morgan fingerprint density at radius 2 is 1.69 bits per heavy atom. The number of carbonyl (C=O) groups excluding carboxylic acids is 1. The standard InChI is InChI=1S/C19H25F3NO5P/c1-5-26-18(24)17-12-14-15(19(20,21)22)10-13(11-16(14)23(17)4)8-9-29(25,27-6-2)28-7-3/h10-12H,5-9H2,1-4H3. The number of carbonyl (C=O) groups is 1. The largest absolute Gasteiger partial charge is 0.461 e. The number of benzene rings is 1. The van der Waals surface area contributed by atoms with Crippen LogP contribution < -0.4 is 0 Å². The molecule has 162 valence electrons. The maximum Gasteiger partial charge on any atom is 0.417 e. The van der Waals surface area contributed by atoms with Gasteiger partial charge in [0.15, 0.2) is 0 Å². The predicted octanol–water partition coefficient (Wildman–Crippen LogP) is 5.18. The Kier molecular flexibility index (Phi) is 7.54. The lowest BCUT2D eigenvalue weighted by molar-refractivity contribution is -0.136. The van der Waals surface area contributed by atoms with Crippen LogP contribution in [0.1, 0.15) is 42.4 Å². The molecule has 0 saturated heterocycles. The number of aryl methyl sites for hydroxylation is 2. The molecular formula is C19H25F3NO5P. The van der Waals surface area contributed by atoms with Crippen molar-refractivity contribution in [2.75, 3.05) is 26.0 Å². The molecule has 1 aromatic carbocycles. The van der Waals surface area contributed by atoms with Crippen LogP contribution in [0, 0.1) is 0 Å². The van der Waals surface area contributed by atoms with E-state index in [9.17, 15) is 22.5 Å². The van der Waals surface area contributed by atoms with Crippen LogP contribution in [0.4, 0.5) is 13.2 Å². The van der Waals surface area contributed by atoms with E-state index >= 15 is 0 Å². The van der Waals surface area contributed by atoms with E-state index in [-0.39, 0.29) is 49.0 Å². The molecule has 0 unspecified atom stereocenters. The number of halogens is 3. The third-order valence-electron chi connectivity index (χ3n) is 4.34. The summed E-state index contributed by atoms with van der Waals surface area (Å²) in [6.07, 6.45) is -4.60. The number of alkyl halides is 3. The summed E-state index contributed by atoms with van der Waals surface area (Å²) in [7, 11) is -1.89. The summed E-state index contributed by atoms with van der Waals surface area (Å²) in [5.41, 5.74) is -0.279. The number of hydrogen-bond donors (Lipinski definition) is 0. The van der Waals surface area contributed by atoms with E-state index in [1.54, 1.807) is 26.8 Å². The van der Waals surface area contributed by atoms with Crippen molar-refractivity contribution in [3.63, 3.8) is 0 Å². The Bertz CT molecular complexity index is 913. The van der Waals surface area contributed by atoms with Crippen LogP contribution in [0.2, 0.25) is 0 Å². The van der Waals surface area contributed by atoms with Crippen LogP contribution in [0.15, 0.2) is 18.2 Å². The molecule has 0 atom stereocenters. The van der Waals surface area contributed by atoms with Crippen LogP contribution in [0.3, 0.4) is 0 Å². The molecule has 2 rings (SSSR count). The van der Waals surface area contributed by atoms with Gasteiger partial charge in [-0.1, -0.05) is 0 Å². The number of esters is 1. The molecule has 0 bridgehead atoms. The maximum atomic E-state index is 13.7. The zero-order chi connectivity index (χ0) is 21.8. The van der Waals surface area contributed by atoms with Crippen molar-refractivity contribution in [3.05, 3.63) is 35.0 Å². The molecule has 0 amide bonds. The highest BCUT2D eigenvalue weighted by Crippen LogP contribution is 2.48. The Hall–Kier alpha value is -1.83. The number of ether oxygens (including phenoxy) is 1. The lowest BCUT2D eigenvalue weighted by atomic mass is 10.0. The minimum absolute atomic E-state index is 0.0267. The SMILES string of the molecule is CCOC(=O)c1cc2c(C(F)(F)F)cc(CCP(=O)(OCC)OCC)cc2n1C. The molecule has 6 nitrogen and oxygen atoms in total. The fraction of sp³-hybridized carbons (Fsp3) is 0.526. The van der Waals surface area contributed by atoms with Crippen molar-refractivity contribution in [2.24, 2.45) is 7.05 Å². The molecule has 2 aromatic rings. The zero-order valence-corrected chi connectivity index (χ0v) is 17.7. The van der Waals surface area contributed by atoms with E-state index in [1.165, 1.54) is 17.7 Å². The molecule has 29 heavy (non-hydrogen) atoms. The Balaban J connectivity index is 2.51. The summed E-state index contributed by atoms with van der Waals surface area (Å²) in [4.78, 5) is 12.1. The molecule has 1 heterocycles. The highest BCUT2D eigenvalue weighted by molar-refractivity contribution is 7.53. The molecule has 0 radical (unpaired) electrons. The van der Waals surface area contributed by atoms with Gasteiger partial charge in [0, 0.05) is 18.0 Å². The Morgan fingerprint density at radius 1 is 1.07 bits per heavy atom. The fourth-order valence-electron chi connectivity index (χ4n) is 3.09. The van der Waals surface area contributed by atoms with E-state index in [1.807, 2.05) is 0 Å². The summed E-state index contributed by atoms with van der Waals surface area (Å²) >= 11 is 0. The van der Waals surface area contributed by atoms with Gasteiger partial charge in [-0.25, -0.2) is 4.79 Å². The van der Waals surface area contributed by atoms with Gasteiger partial charge in [-0.05, 0) is 51.0 Å². The number of aromatic nitrogens is 1. The first-order chi connectivity index (χ1) is 13.6. The monoisotopic (exact) mass is 435 g/mol. The van der Waals surface area contributed by atoms with Gasteiger partial charge in [-0.3, -0.25) is 4.57 Å². The maximum absolute atomic E-state index is 13.7. The van der Waals surface area contributed by atoms with Crippen molar-refractivity contribution in [1.82, 2.24) is 4.57 Å². The molecule has 0 aliphatic heterocycles. The number of rotatable bonds is 9. The number of nitrogens with zero attached hydrogens (tertiary/aromatic N) is 1. The van der Waals surface area contributed by atoms with E-state index in [2.05, 4.69) is 0 Å². The van der Waals surface area contributed by atoms with Crippen molar-refractivity contribution < 1.29 is 36.3 Å². The van der Waals surface area contributed by atoms with Gasteiger partial charge in [0.2, 0.25) is 0 Å². The normalized spacial score (nSPS) is 12.5. The summed E-state index contributed by atoms with van der Waals surface area (Å²) < 4.78 is 70.4. The van der Waals surface area contributed by atoms with Crippen LogP contribution in [0.5, 0.6) is 0 Å². The summed E-state index contributed by atoms with van der Waals surface area (Å²) in [6, 6.07) is 3.75. The average Bonchev–Trinajstić information content (AvgIpc) is 2.96. The third-order valence-corrected chi connectivity index (χ3v) is 6.41. The van der Waals surface area contributed by atoms with E-state index in [0.29, 0.717) is 5.56 Å². The second kappa shape index (κ2) is 9.32. The first-order valence-electron chi connectivity index (χ1n) is 9.31. The summed E-state index contributed by atoms with van der Waals surface area (Å²) in [5.74, 6) is -0.696. The minimum Gasteiger partial charge on any atom is -0.461 e. The molecule has 0 aliphatic carbocycles. The summed E-state index contributed by atoms with van der Waals surface area (Å²) in [6.45, 7) is 5.41. The lowest BCUT2D eigenvalue weighted by Gasteiger charge is -2.17. The lowest BCUT2D eigenvalue weighted by Crippen LogP contribution is -2.09. The fourth-order valence-corrected chi connectivity index (χ4v) is 4.75. The van der Waals surface area contributed by atoms with Crippen LogP contribution in [-0.2, 0) is 38.0 Å². The molecular weight excluding hydrogens is 410 g/mol. The van der Waals surface area contributed by atoms with Gasteiger partial charge in [0.1, 0.15) is 5.69 Å². The third kappa shape index (κ3) is 5.41. The van der Waals surface area contributed by atoms with Crippen LogP contribution in [0.25, 0.3) is 10.9 Å². The van der Waals surface area contributed by atoms with Gasteiger partial charge in [-0.15, -0.1) is 0 Å². The smallest absolute Gasteiger partial charge is 0.417 e. The van der Waals surface area contributed by atoms with Crippen LogP contribution >= 0.6 is 7.60 Å². The minimum atomic E-state index is -4.62. The highest BCUT2D eigenvalue weighted by Gasteiger charge is 2.35. The molecule has 10 heteroatoms. The second-order valence-electron chi connectivity index (χ2n) is 6.30. The molecule has 1 aromatic heterocycles. The highest BCUT2D eigenvalue weighted by atomic mass is 31.2. The molecule has 0 spiro atoms. The molecule has 0 N–H and O–H groups in total. The number of fused-ring (bicyclic) bond motifs is 1. The second-order valence-corrected chi connectivity index (χ2v) is 8.49. The molecule has 0 fully saturated rings. The van der Waals surface area contributed by atoms with Gasteiger partial charge in [-0.2, -0.15) is 13.2 Å². The Morgan fingerprint density at radius 3 is 2.21 bits per heavy atom. The first kappa shape index (κ1) is 23.4. The van der Waals surface area contributed by atoms with E-state index < -0.39 is 25.3 Å². The van der Waals surface area contributed by atoms with Crippen molar-refractivity contribution in [3.8, 4) is 0 Å². The van der Waals surface area contributed by atoms with Crippen LogP contribution in [-0.4, -0.2) is 36.5 Å². The van der Waals surface area contributed by atoms with Gasteiger partial charge in [0.05, 0.1) is 31.5 Å². The number of hydrogen-bond acceptors (Lipinski definition) is 5. The Labute approximate surface area is 167 Å². The quantitative estimate of drug-likeness (QED) is 0.401. The zero-order valence-electron chi connectivity index (χ0n) is 16.8. The predicted molar refractivity (Wildman–Crippen MR) is 103 cm³/mol.